The Morgan fingerprint density at radius 3 is 3.00 bits per heavy atom. The highest BCUT2D eigenvalue weighted by Crippen LogP contribution is 2.20. The van der Waals surface area contributed by atoms with E-state index >= 15 is 0 Å². The standard InChI is InChI=1S/C14H18N2O2/c1-3-18-14(17)12(15)7-10-8-16-13-5-4-9(2)6-11(10)13/h4-6,8,12,16H,3,7,15H2,1-2H3/t12-/m1/s1. The van der Waals surface area contributed by atoms with E-state index in [1.807, 2.05) is 25.3 Å². The molecular formula is C14H18N2O2. The van der Waals surface area contributed by atoms with Crippen molar-refractivity contribution in [1.82, 2.24) is 4.98 Å². The van der Waals surface area contributed by atoms with Gasteiger partial charge in [-0.05, 0) is 31.5 Å². The van der Waals surface area contributed by atoms with Crippen LogP contribution in [0.1, 0.15) is 18.1 Å². The number of carbonyl (C=O) groups is 1. The topological polar surface area (TPSA) is 68.1 Å². The maximum absolute atomic E-state index is 11.5. The third-order valence-electron chi connectivity index (χ3n) is 2.95. The van der Waals surface area contributed by atoms with Gasteiger partial charge in [-0.25, -0.2) is 0 Å². The summed E-state index contributed by atoms with van der Waals surface area (Å²) >= 11 is 0. The summed E-state index contributed by atoms with van der Waals surface area (Å²) in [5, 5.41) is 1.12. The molecule has 1 aromatic heterocycles. The number of carbonyl (C=O) groups excluding carboxylic acids is 1. The normalized spacial score (nSPS) is 12.6. The first-order valence-corrected chi connectivity index (χ1v) is 6.10. The zero-order chi connectivity index (χ0) is 13.1. The van der Waals surface area contributed by atoms with Crippen LogP contribution in [-0.2, 0) is 16.0 Å². The van der Waals surface area contributed by atoms with Crippen molar-refractivity contribution in [3.8, 4) is 0 Å². The molecule has 0 radical (unpaired) electrons. The average molecular weight is 246 g/mol. The van der Waals surface area contributed by atoms with Gasteiger partial charge in [-0.1, -0.05) is 11.6 Å². The quantitative estimate of drug-likeness (QED) is 0.810. The third-order valence-corrected chi connectivity index (χ3v) is 2.95. The van der Waals surface area contributed by atoms with Gasteiger partial charge in [-0.3, -0.25) is 4.79 Å². The Morgan fingerprint density at radius 2 is 2.28 bits per heavy atom. The van der Waals surface area contributed by atoms with Crippen molar-refractivity contribution in [2.24, 2.45) is 5.73 Å². The van der Waals surface area contributed by atoms with E-state index in [-0.39, 0.29) is 5.97 Å². The Bertz CT molecular complexity index is 560. The first-order valence-electron chi connectivity index (χ1n) is 6.10. The van der Waals surface area contributed by atoms with Crippen LogP contribution < -0.4 is 5.73 Å². The smallest absolute Gasteiger partial charge is 0.323 e. The van der Waals surface area contributed by atoms with Gasteiger partial charge in [0, 0.05) is 23.5 Å². The zero-order valence-electron chi connectivity index (χ0n) is 10.7. The van der Waals surface area contributed by atoms with Crippen LogP contribution in [0.4, 0.5) is 0 Å². The van der Waals surface area contributed by atoms with Gasteiger partial charge < -0.3 is 15.5 Å². The van der Waals surface area contributed by atoms with E-state index in [9.17, 15) is 4.79 Å². The summed E-state index contributed by atoms with van der Waals surface area (Å²) in [4.78, 5) is 14.7. The number of ether oxygens (including phenoxy) is 1. The van der Waals surface area contributed by atoms with Crippen molar-refractivity contribution in [2.75, 3.05) is 6.61 Å². The molecule has 1 aromatic carbocycles. The number of rotatable bonds is 4. The molecule has 0 aliphatic heterocycles. The van der Waals surface area contributed by atoms with Crippen LogP contribution in [0.2, 0.25) is 0 Å². The zero-order valence-corrected chi connectivity index (χ0v) is 10.7. The van der Waals surface area contributed by atoms with E-state index in [1.54, 1.807) is 6.92 Å². The van der Waals surface area contributed by atoms with Gasteiger partial charge in [-0.15, -0.1) is 0 Å². The van der Waals surface area contributed by atoms with Gasteiger partial charge in [0.2, 0.25) is 0 Å². The molecule has 2 aromatic rings. The molecule has 4 heteroatoms. The minimum atomic E-state index is -0.607. The predicted octanol–water partition coefficient (Wildman–Crippen LogP) is 1.91. The molecule has 0 bridgehead atoms. The number of hydrogen-bond acceptors (Lipinski definition) is 3. The van der Waals surface area contributed by atoms with Crippen molar-refractivity contribution in [3.63, 3.8) is 0 Å². The van der Waals surface area contributed by atoms with Crippen LogP contribution in [0.15, 0.2) is 24.4 Å². The van der Waals surface area contributed by atoms with Crippen LogP contribution in [-0.4, -0.2) is 23.6 Å². The summed E-state index contributed by atoms with van der Waals surface area (Å²) in [6, 6.07) is 5.57. The fourth-order valence-electron chi connectivity index (χ4n) is 2.03. The molecule has 0 saturated carbocycles. The molecule has 1 atom stereocenters. The van der Waals surface area contributed by atoms with E-state index in [1.165, 1.54) is 5.56 Å². The van der Waals surface area contributed by atoms with Gasteiger partial charge >= 0.3 is 5.97 Å². The monoisotopic (exact) mass is 246 g/mol. The molecule has 1 heterocycles. The lowest BCUT2D eigenvalue weighted by molar-refractivity contribution is -0.144. The summed E-state index contributed by atoms with van der Waals surface area (Å²) in [6.45, 7) is 4.18. The Hall–Kier alpha value is -1.81. The summed E-state index contributed by atoms with van der Waals surface area (Å²) in [6.07, 6.45) is 2.39. The fourth-order valence-corrected chi connectivity index (χ4v) is 2.03. The second-order valence-corrected chi connectivity index (χ2v) is 4.43. The Morgan fingerprint density at radius 1 is 1.50 bits per heavy atom. The molecule has 4 nitrogen and oxygen atoms in total. The molecule has 0 aliphatic rings. The van der Waals surface area contributed by atoms with Crippen LogP contribution in [0.5, 0.6) is 0 Å². The number of hydrogen-bond donors (Lipinski definition) is 2. The summed E-state index contributed by atoms with van der Waals surface area (Å²) < 4.78 is 4.91. The fraction of sp³-hybridized carbons (Fsp3) is 0.357. The molecular weight excluding hydrogens is 228 g/mol. The number of nitrogens with one attached hydrogen (secondary N) is 1. The lowest BCUT2D eigenvalue weighted by atomic mass is 10.0. The summed E-state index contributed by atoms with van der Waals surface area (Å²) in [7, 11) is 0. The lowest BCUT2D eigenvalue weighted by Crippen LogP contribution is -2.34. The van der Waals surface area contributed by atoms with Gasteiger partial charge in [0.25, 0.3) is 0 Å². The lowest BCUT2D eigenvalue weighted by Gasteiger charge is -2.09. The minimum absolute atomic E-state index is 0.348. The number of esters is 1. The SMILES string of the molecule is CCOC(=O)[C@H](N)Cc1c[nH]c2ccc(C)cc12. The molecule has 3 N–H and O–H groups in total. The van der Waals surface area contributed by atoms with E-state index in [4.69, 9.17) is 10.5 Å². The maximum Gasteiger partial charge on any atom is 0.323 e. The molecule has 0 amide bonds. The molecule has 0 aliphatic carbocycles. The summed E-state index contributed by atoms with van der Waals surface area (Å²) in [5.41, 5.74) is 9.14. The number of fused-ring (bicyclic) bond motifs is 1. The van der Waals surface area contributed by atoms with Crippen LogP contribution in [0.3, 0.4) is 0 Å². The predicted molar refractivity (Wildman–Crippen MR) is 71.3 cm³/mol. The highest BCUT2D eigenvalue weighted by atomic mass is 16.5. The van der Waals surface area contributed by atoms with Crippen molar-refractivity contribution in [1.29, 1.82) is 0 Å². The first kappa shape index (κ1) is 12.6. The van der Waals surface area contributed by atoms with Crippen molar-refractivity contribution in [2.45, 2.75) is 26.3 Å². The highest BCUT2D eigenvalue weighted by molar-refractivity contribution is 5.85. The Kier molecular flexibility index (Phi) is 3.67. The van der Waals surface area contributed by atoms with Crippen LogP contribution in [0, 0.1) is 6.92 Å². The minimum Gasteiger partial charge on any atom is -0.465 e. The number of benzene rings is 1. The van der Waals surface area contributed by atoms with Crippen molar-refractivity contribution >= 4 is 16.9 Å². The van der Waals surface area contributed by atoms with E-state index in [0.29, 0.717) is 13.0 Å². The Labute approximate surface area is 106 Å². The Balaban J connectivity index is 2.21. The van der Waals surface area contributed by atoms with E-state index in [2.05, 4.69) is 11.1 Å². The second-order valence-electron chi connectivity index (χ2n) is 4.43. The molecule has 18 heavy (non-hydrogen) atoms. The van der Waals surface area contributed by atoms with Gasteiger partial charge in [0.15, 0.2) is 0 Å². The molecule has 0 saturated heterocycles. The molecule has 96 valence electrons. The number of aryl methyl sites for hydroxylation is 1. The first-order chi connectivity index (χ1) is 8.61. The molecule has 0 unspecified atom stereocenters. The number of aromatic nitrogens is 1. The average Bonchev–Trinajstić information content (AvgIpc) is 2.72. The van der Waals surface area contributed by atoms with Crippen molar-refractivity contribution < 1.29 is 9.53 Å². The van der Waals surface area contributed by atoms with E-state index in [0.717, 1.165) is 16.5 Å². The third kappa shape index (κ3) is 2.54. The van der Waals surface area contributed by atoms with Gasteiger partial charge in [-0.2, -0.15) is 0 Å². The number of aromatic amines is 1. The maximum atomic E-state index is 11.5. The second kappa shape index (κ2) is 5.23. The van der Waals surface area contributed by atoms with Crippen LogP contribution in [0.25, 0.3) is 10.9 Å². The highest BCUT2D eigenvalue weighted by Gasteiger charge is 2.17. The van der Waals surface area contributed by atoms with E-state index < -0.39 is 6.04 Å². The van der Waals surface area contributed by atoms with Gasteiger partial charge in [0.1, 0.15) is 6.04 Å². The molecule has 2 rings (SSSR count). The van der Waals surface area contributed by atoms with Crippen LogP contribution >= 0.6 is 0 Å². The number of nitrogens with two attached hydrogens (primary N) is 1. The van der Waals surface area contributed by atoms with Gasteiger partial charge in [0.05, 0.1) is 6.61 Å². The molecule has 0 fully saturated rings. The summed E-state index contributed by atoms with van der Waals surface area (Å²) in [5.74, 6) is -0.348. The molecule has 0 spiro atoms. The largest absolute Gasteiger partial charge is 0.465 e. The van der Waals surface area contributed by atoms with Crippen molar-refractivity contribution in [3.05, 3.63) is 35.5 Å². The number of H-pyrrole nitrogens is 1.